The van der Waals surface area contributed by atoms with Gasteiger partial charge in [0.1, 0.15) is 6.10 Å². The molecule has 2 rings (SSSR count). The van der Waals surface area contributed by atoms with E-state index in [9.17, 15) is 15.0 Å². The van der Waals surface area contributed by atoms with E-state index in [4.69, 9.17) is 0 Å². The van der Waals surface area contributed by atoms with Crippen molar-refractivity contribution in [3.8, 4) is 0 Å². The number of aromatic nitrogens is 1. The number of halogens is 1. The zero-order chi connectivity index (χ0) is 17.5. The number of rotatable bonds is 7. The van der Waals surface area contributed by atoms with Crippen LogP contribution in [-0.4, -0.2) is 33.8 Å². The van der Waals surface area contributed by atoms with Crippen LogP contribution in [0.5, 0.6) is 0 Å². The largest absolute Gasteiger partial charge is 0.394 e. The molecule has 24 heavy (non-hydrogen) atoms. The number of carbonyl (C=O) groups is 1. The highest BCUT2D eigenvalue weighted by atomic mass is 79.9. The Balaban J connectivity index is 1.95. The molecule has 1 amide bonds. The SMILES string of the molecule is CC(CC(=O)NC(CO)C(O)c1cccnc1)c1ccc(Br)cc1. The third-order valence-electron chi connectivity index (χ3n) is 3.88. The van der Waals surface area contributed by atoms with Crippen molar-refractivity contribution >= 4 is 21.8 Å². The molecule has 0 aliphatic heterocycles. The van der Waals surface area contributed by atoms with E-state index in [0.717, 1.165) is 10.0 Å². The lowest BCUT2D eigenvalue weighted by molar-refractivity contribution is -0.123. The second kappa shape index (κ2) is 8.92. The van der Waals surface area contributed by atoms with Crippen LogP contribution in [0, 0.1) is 0 Å². The molecule has 0 spiro atoms. The smallest absolute Gasteiger partial charge is 0.220 e. The van der Waals surface area contributed by atoms with Crippen LogP contribution in [0.15, 0.2) is 53.3 Å². The fourth-order valence-corrected chi connectivity index (χ4v) is 2.72. The summed E-state index contributed by atoms with van der Waals surface area (Å²) in [6.07, 6.45) is 2.39. The van der Waals surface area contributed by atoms with E-state index >= 15 is 0 Å². The second-order valence-electron chi connectivity index (χ2n) is 5.74. The number of aliphatic hydroxyl groups excluding tert-OH is 2. The van der Waals surface area contributed by atoms with Crippen LogP contribution >= 0.6 is 15.9 Å². The Kier molecular flexibility index (Phi) is 6.90. The first-order valence-electron chi connectivity index (χ1n) is 7.75. The van der Waals surface area contributed by atoms with Crippen molar-refractivity contribution in [1.29, 1.82) is 0 Å². The Morgan fingerprint density at radius 3 is 2.54 bits per heavy atom. The second-order valence-corrected chi connectivity index (χ2v) is 6.66. The summed E-state index contributed by atoms with van der Waals surface area (Å²) >= 11 is 3.39. The minimum absolute atomic E-state index is 0.0352. The first-order chi connectivity index (χ1) is 11.5. The molecule has 0 fully saturated rings. The molecule has 0 saturated carbocycles. The zero-order valence-corrected chi connectivity index (χ0v) is 15.0. The van der Waals surface area contributed by atoms with Gasteiger partial charge in [-0.3, -0.25) is 9.78 Å². The highest BCUT2D eigenvalue weighted by Crippen LogP contribution is 2.22. The first kappa shape index (κ1) is 18.6. The van der Waals surface area contributed by atoms with Crippen molar-refractivity contribution in [2.75, 3.05) is 6.61 Å². The summed E-state index contributed by atoms with van der Waals surface area (Å²) in [5, 5.41) is 22.5. The van der Waals surface area contributed by atoms with Gasteiger partial charge in [-0.2, -0.15) is 0 Å². The third kappa shape index (κ3) is 5.12. The average molecular weight is 393 g/mol. The normalized spacial score (nSPS) is 14.7. The Morgan fingerprint density at radius 2 is 1.96 bits per heavy atom. The average Bonchev–Trinajstić information content (AvgIpc) is 2.60. The molecule has 0 radical (unpaired) electrons. The molecule has 0 saturated heterocycles. The van der Waals surface area contributed by atoms with E-state index in [1.54, 1.807) is 18.3 Å². The van der Waals surface area contributed by atoms with Crippen LogP contribution in [0.4, 0.5) is 0 Å². The van der Waals surface area contributed by atoms with E-state index in [0.29, 0.717) is 5.56 Å². The lowest BCUT2D eigenvalue weighted by atomic mass is 9.97. The third-order valence-corrected chi connectivity index (χ3v) is 4.41. The van der Waals surface area contributed by atoms with Gasteiger partial charge in [-0.1, -0.05) is 41.1 Å². The summed E-state index contributed by atoms with van der Waals surface area (Å²) < 4.78 is 0.989. The highest BCUT2D eigenvalue weighted by Gasteiger charge is 2.23. The van der Waals surface area contributed by atoms with Crippen LogP contribution in [0.2, 0.25) is 0 Å². The molecule has 6 heteroatoms. The number of amides is 1. The van der Waals surface area contributed by atoms with Crippen molar-refractivity contribution in [3.63, 3.8) is 0 Å². The molecule has 3 atom stereocenters. The van der Waals surface area contributed by atoms with Gasteiger partial charge in [0, 0.05) is 28.9 Å². The van der Waals surface area contributed by atoms with E-state index in [1.807, 2.05) is 31.2 Å². The van der Waals surface area contributed by atoms with Gasteiger partial charge in [0.05, 0.1) is 12.6 Å². The standard InChI is InChI=1S/C18H21BrN2O3/c1-12(13-4-6-15(19)7-5-13)9-17(23)21-16(11-22)18(24)14-3-2-8-20-10-14/h2-8,10,12,16,18,22,24H,9,11H2,1H3,(H,21,23). The number of benzene rings is 1. The van der Waals surface area contributed by atoms with Gasteiger partial charge in [0.15, 0.2) is 0 Å². The molecule has 1 aromatic heterocycles. The first-order valence-corrected chi connectivity index (χ1v) is 8.54. The molecular weight excluding hydrogens is 372 g/mol. The number of aliphatic hydroxyl groups is 2. The summed E-state index contributed by atoms with van der Waals surface area (Å²) in [6.45, 7) is 1.61. The minimum atomic E-state index is -1.00. The molecule has 0 aliphatic carbocycles. The fraction of sp³-hybridized carbons (Fsp3) is 0.333. The van der Waals surface area contributed by atoms with Crippen molar-refractivity contribution in [2.45, 2.75) is 31.4 Å². The molecule has 2 aromatic rings. The summed E-state index contributed by atoms with van der Waals surface area (Å²) in [6, 6.07) is 10.4. The number of pyridine rings is 1. The van der Waals surface area contributed by atoms with Gasteiger partial charge in [-0.15, -0.1) is 0 Å². The van der Waals surface area contributed by atoms with Crippen molar-refractivity contribution < 1.29 is 15.0 Å². The molecule has 0 aliphatic rings. The predicted octanol–water partition coefficient (Wildman–Crippen LogP) is 2.55. The Morgan fingerprint density at radius 1 is 1.25 bits per heavy atom. The zero-order valence-electron chi connectivity index (χ0n) is 13.4. The maximum Gasteiger partial charge on any atom is 0.220 e. The highest BCUT2D eigenvalue weighted by molar-refractivity contribution is 9.10. The monoisotopic (exact) mass is 392 g/mol. The van der Waals surface area contributed by atoms with Crippen molar-refractivity contribution in [2.24, 2.45) is 0 Å². The molecule has 0 bridgehead atoms. The van der Waals surface area contributed by atoms with Crippen LogP contribution in [0.3, 0.4) is 0 Å². The molecule has 1 aromatic carbocycles. The summed E-state index contributed by atoms with van der Waals surface area (Å²) in [5.41, 5.74) is 1.61. The van der Waals surface area contributed by atoms with Gasteiger partial charge >= 0.3 is 0 Å². The molecule has 3 unspecified atom stereocenters. The van der Waals surface area contributed by atoms with Crippen LogP contribution in [0.1, 0.15) is 36.5 Å². The van der Waals surface area contributed by atoms with E-state index < -0.39 is 12.1 Å². The Hall–Kier alpha value is -1.76. The quantitative estimate of drug-likeness (QED) is 0.675. The fourth-order valence-electron chi connectivity index (χ4n) is 2.46. The van der Waals surface area contributed by atoms with E-state index in [2.05, 4.69) is 26.2 Å². The topological polar surface area (TPSA) is 82.5 Å². The minimum Gasteiger partial charge on any atom is -0.394 e. The molecular formula is C18H21BrN2O3. The van der Waals surface area contributed by atoms with Crippen molar-refractivity contribution in [1.82, 2.24) is 10.3 Å². The number of hydrogen-bond acceptors (Lipinski definition) is 4. The Bertz CT molecular complexity index is 649. The van der Waals surface area contributed by atoms with E-state index in [1.165, 1.54) is 6.20 Å². The van der Waals surface area contributed by atoms with Crippen LogP contribution in [0.25, 0.3) is 0 Å². The van der Waals surface area contributed by atoms with Gasteiger partial charge in [-0.05, 0) is 29.7 Å². The number of hydrogen-bond donors (Lipinski definition) is 3. The summed E-state index contributed by atoms with van der Waals surface area (Å²) in [7, 11) is 0. The molecule has 3 N–H and O–H groups in total. The van der Waals surface area contributed by atoms with Gasteiger partial charge in [0.2, 0.25) is 5.91 Å². The van der Waals surface area contributed by atoms with Gasteiger partial charge < -0.3 is 15.5 Å². The molecule has 1 heterocycles. The van der Waals surface area contributed by atoms with Crippen molar-refractivity contribution in [3.05, 3.63) is 64.4 Å². The molecule has 128 valence electrons. The molecule has 5 nitrogen and oxygen atoms in total. The summed E-state index contributed by atoms with van der Waals surface area (Å²) in [5.74, 6) is -0.180. The maximum absolute atomic E-state index is 12.2. The van der Waals surface area contributed by atoms with E-state index in [-0.39, 0.29) is 24.9 Å². The number of nitrogens with one attached hydrogen (secondary N) is 1. The van der Waals surface area contributed by atoms with Crippen LogP contribution in [-0.2, 0) is 4.79 Å². The van der Waals surface area contributed by atoms with Gasteiger partial charge in [-0.25, -0.2) is 0 Å². The Labute approximate surface area is 149 Å². The van der Waals surface area contributed by atoms with Gasteiger partial charge in [0.25, 0.3) is 0 Å². The lowest BCUT2D eigenvalue weighted by Gasteiger charge is -2.23. The van der Waals surface area contributed by atoms with Crippen LogP contribution < -0.4 is 5.32 Å². The maximum atomic E-state index is 12.2. The number of carbonyl (C=O) groups excluding carboxylic acids is 1. The predicted molar refractivity (Wildman–Crippen MR) is 95.4 cm³/mol. The summed E-state index contributed by atoms with van der Waals surface area (Å²) in [4.78, 5) is 16.2. The number of nitrogens with zero attached hydrogens (tertiary/aromatic N) is 1. The lowest BCUT2D eigenvalue weighted by Crippen LogP contribution is -2.42.